The van der Waals surface area contributed by atoms with Crippen LogP contribution in [0, 0.1) is 38.9 Å². The molecule has 0 heterocycles. The van der Waals surface area contributed by atoms with Crippen molar-refractivity contribution in [1.82, 2.24) is 0 Å². The molecule has 0 aromatic carbocycles. The maximum Gasteiger partial charge on any atom is 0.310 e. The Morgan fingerprint density at radius 3 is 1.54 bits per heavy atom. The molecule has 4 aliphatic carbocycles. The van der Waals surface area contributed by atoms with Crippen LogP contribution in [0.25, 0.3) is 0 Å². The minimum Gasteiger partial charge on any atom is -0.481 e. The van der Waals surface area contributed by atoms with Crippen molar-refractivity contribution in [2.75, 3.05) is 0 Å². The van der Waals surface area contributed by atoms with Crippen molar-refractivity contribution < 1.29 is 19.8 Å². The van der Waals surface area contributed by atoms with E-state index in [1.165, 1.54) is 0 Å². The van der Waals surface area contributed by atoms with Crippen molar-refractivity contribution in [1.29, 1.82) is 0 Å². The lowest BCUT2D eigenvalue weighted by molar-refractivity contribution is -0.260. The molecule has 136 valence electrons. The molecule has 2 atom stereocenters. The van der Waals surface area contributed by atoms with Crippen LogP contribution in [0.5, 0.6) is 0 Å². The third kappa shape index (κ3) is 1.97. The molecule has 0 aromatic rings. The summed E-state index contributed by atoms with van der Waals surface area (Å²) in [6.07, 6.45) is 3.55. The van der Waals surface area contributed by atoms with Gasteiger partial charge in [-0.25, -0.2) is 0 Å². The van der Waals surface area contributed by atoms with Crippen molar-refractivity contribution in [2.24, 2.45) is 38.9 Å². The lowest BCUT2D eigenvalue weighted by atomic mass is 9.30. The zero-order valence-corrected chi connectivity index (χ0v) is 15.9. The Morgan fingerprint density at radius 1 is 0.833 bits per heavy atom. The standard InChI is InChI=1S/C20H32O4/c1-16(2,3)13-19(14(21)22)8-12-7-18(10-19,17(4,5)6)11-20(13,9-12)15(23)24/h12-13H,7-11H2,1-6H3,(H,21,22)(H,23,24). The smallest absolute Gasteiger partial charge is 0.310 e. The normalized spacial score (nSPS) is 44.6. The first-order chi connectivity index (χ1) is 10.7. The fraction of sp³-hybridized carbons (Fsp3) is 0.900. The predicted molar refractivity (Wildman–Crippen MR) is 91.5 cm³/mol. The van der Waals surface area contributed by atoms with E-state index in [0.29, 0.717) is 25.7 Å². The van der Waals surface area contributed by atoms with E-state index in [1.807, 2.05) is 20.8 Å². The molecule has 4 aliphatic rings. The summed E-state index contributed by atoms with van der Waals surface area (Å²) >= 11 is 0. The van der Waals surface area contributed by atoms with Crippen LogP contribution in [-0.4, -0.2) is 22.2 Å². The number of rotatable bonds is 2. The lowest BCUT2D eigenvalue weighted by Gasteiger charge is -2.72. The van der Waals surface area contributed by atoms with Crippen LogP contribution in [0.2, 0.25) is 0 Å². The summed E-state index contributed by atoms with van der Waals surface area (Å²) in [5, 5.41) is 20.6. The second-order valence-corrected chi connectivity index (χ2v) is 11.1. The van der Waals surface area contributed by atoms with Crippen LogP contribution < -0.4 is 0 Å². The Labute approximate surface area is 145 Å². The van der Waals surface area contributed by atoms with Crippen LogP contribution in [0.4, 0.5) is 0 Å². The molecule has 4 bridgehead atoms. The first-order valence-electron chi connectivity index (χ1n) is 9.17. The zero-order valence-electron chi connectivity index (χ0n) is 15.9. The molecule has 0 radical (unpaired) electrons. The fourth-order valence-corrected chi connectivity index (χ4v) is 7.39. The van der Waals surface area contributed by atoms with E-state index >= 15 is 0 Å². The molecule has 4 fully saturated rings. The molecule has 4 nitrogen and oxygen atoms in total. The van der Waals surface area contributed by atoms with Crippen molar-refractivity contribution in [2.45, 2.75) is 73.6 Å². The maximum absolute atomic E-state index is 12.6. The number of hydrogen-bond donors (Lipinski definition) is 2. The summed E-state index contributed by atoms with van der Waals surface area (Å²) in [6.45, 7) is 12.6. The van der Waals surface area contributed by atoms with Gasteiger partial charge in [-0.15, -0.1) is 0 Å². The summed E-state index contributed by atoms with van der Waals surface area (Å²) in [7, 11) is 0. The molecule has 0 aromatic heterocycles. The lowest BCUT2D eigenvalue weighted by Crippen LogP contribution is -2.71. The first kappa shape index (κ1) is 17.8. The first-order valence-corrected chi connectivity index (χ1v) is 9.17. The molecule has 0 aliphatic heterocycles. The molecular weight excluding hydrogens is 304 g/mol. The molecular formula is C20H32O4. The van der Waals surface area contributed by atoms with Gasteiger partial charge in [0.25, 0.3) is 0 Å². The van der Waals surface area contributed by atoms with E-state index in [4.69, 9.17) is 0 Å². The van der Waals surface area contributed by atoms with E-state index < -0.39 is 22.8 Å². The van der Waals surface area contributed by atoms with E-state index in [1.54, 1.807) is 0 Å². The summed E-state index contributed by atoms with van der Waals surface area (Å²) < 4.78 is 0. The van der Waals surface area contributed by atoms with Crippen LogP contribution >= 0.6 is 0 Å². The van der Waals surface area contributed by atoms with Gasteiger partial charge in [0.15, 0.2) is 0 Å². The minimum atomic E-state index is -0.899. The highest BCUT2D eigenvalue weighted by molar-refractivity contribution is 5.82. The van der Waals surface area contributed by atoms with Gasteiger partial charge < -0.3 is 10.2 Å². The van der Waals surface area contributed by atoms with Crippen LogP contribution in [0.15, 0.2) is 0 Å². The monoisotopic (exact) mass is 336 g/mol. The van der Waals surface area contributed by atoms with Gasteiger partial charge in [-0.2, -0.15) is 0 Å². The maximum atomic E-state index is 12.6. The highest BCUT2D eigenvalue weighted by Crippen LogP contribution is 2.78. The minimum absolute atomic E-state index is 0.0870. The Balaban J connectivity index is 2.29. The van der Waals surface area contributed by atoms with Crippen LogP contribution in [0.1, 0.15) is 73.6 Å². The highest BCUT2D eigenvalue weighted by atomic mass is 16.4. The molecule has 2 N–H and O–H groups in total. The quantitative estimate of drug-likeness (QED) is 0.782. The molecule has 4 rings (SSSR count). The van der Waals surface area contributed by atoms with E-state index in [0.717, 1.165) is 6.42 Å². The number of hydrogen-bond acceptors (Lipinski definition) is 2. The zero-order chi connectivity index (χ0) is 18.3. The van der Waals surface area contributed by atoms with Crippen LogP contribution in [-0.2, 0) is 9.59 Å². The number of carboxylic acid groups (broad SMARTS) is 2. The molecule has 0 spiro atoms. The Morgan fingerprint density at radius 2 is 1.25 bits per heavy atom. The van der Waals surface area contributed by atoms with Gasteiger partial charge in [-0.1, -0.05) is 41.5 Å². The van der Waals surface area contributed by atoms with Crippen molar-refractivity contribution in [3.8, 4) is 0 Å². The molecule has 2 unspecified atom stereocenters. The van der Waals surface area contributed by atoms with Gasteiger partial charge in [0.05, 0.1) is 10.8 Å². The van der Waals surface area contributed by atoms with Gasteiger partial charge in [-0.05, 0) is 60.2 Å². The Bertz CT molecular complexity index is 560. The Hall–Kier alpha value is -1.06. The number of carboxylic acids is 2. The van der Waals surface area contributed by atoms with Gasteiger partial charge in [0, 0.05) is 0 Å². The van der Waals surface area contributed by atoms with E-state index in [-0.39, 0.29) is 28.1 Å². The Kier molecular flexibility index (Phi) is 3.37. The van der Waals surface area contributed by atoms with Gasteiger partial charge in [-0.3, -0.25) is 9.59 Å². The highest BCUT2D eigenvalue weighted by Gasteiger charge is 2.76. The largest absolute Gasteiger partial charge is 0.481 e. The summed E-state index contributed by atoms with van der Waals surface area (Å²) in [5.41, 5.74) is -2.42. The third-order valence-corrected chi connectivity index (χ3v) is 7.71. The molecule has 4 heteroatoms. The van der Waals surface area contributed by atoms with Gasteiger partial charge in [0.2, 0.25) is 0 Å². The van der Waals surface area contributed by atoms with Crippen LogP contribution in [0.3, 0.4) is 0 Å². The van der Waals surface area contributed by atoms with Crippen molar-refractivity contribution in [3.63, 3.8) is 0 Å². The average molecular weight is 336 g/mol. The number of carbonyl (C=O) groups is 2. The topological polar surface area (TPSA) is 74.6 Å². The van der Waals surface area contributed by atoms with E-state index in [2.05, 4.69) is 20.8 Å². The molecule has 4 saturated carbocycles. The van der Waals surface area contributed by atoms with E-state index in [9.17, 15) is 19.8 Å². The average Bonchev–Trinajstić information content (AvgIpc) is 2.33. The van der Waals surface area contributed by atoms with Crippen molar-refractivity contribution in [3.05, 3.63) is 0 Å². The SMILES string of the molecule is CC(C)(C)C1C2(C(=O)O)CC3CC1(C(=O)O)CC(C(C)(C)C)(C3)C2. The molecule has 0 amide bonds. The number of aliphatic carboxylic acids is 2. The summed E-state index contributed by atoms with van der Waals surface area (Å²) in [6, 6.07) is 0. The summed E-state index contributed by atoms with van der Waals surface area (Å²) in [5.74, 6) is -1.64. The fourth-order valence-electron chi connectivity index (χ4n) is 7.39. The molecule has 24 heavy (non-hydrogen) atoms. The predicted octanol–water partition coefficient (Wildman–Crippen LogP) is 4.43. The second kappa shape index (κ2) is 4.56. The molecule has 0 saturated heterocycles. The van der Waals surface area contributed by atoms with Crippen molar-refractivity contribution >= 4 is 11.9 Å². The second-order valence-electron chi connectivity index (χ2n) is 11.1. The third-order valence-electron chi connectivity index (χ3n) is 7.71. The summed E-state index contributed by atoms with van der Waals surface area (Å²) in [4.78, 5) is 25.1. The van der Waals surface area contributed by atoms with Gasteiger partial charge in [0.1, 0.15) is 0 Å². The van der Waals surface area contributed by atoms with Gasteiger partial charge >= 0.3 is 11.9 Å².